The fourth-order valence-electron chi connectivity index (χ4n) is 2.30. The van der Waals surface area contributed by atoms with Crippen LogP contribution in [0.1, 0.15) is 18.2 Å². The minimum atomic E-state index is -4.76. The number of aliphatic hydroxyl groups is 1. The van der Waals surface area contributed by atoms with Gasteiger partial charge in [-0.2, -0.15) is 0 Å². The Hall–Kier alpha value is -1.10. The Morgan fingerprint density at radius 3 is 2.60 bits per heavy atom. The number of aromatic nitrogens is 2. The Morgan fingerprint density at radius 1 is 1.36 bits per heavy atom. The van der Waals surface area contributed by atoms with Gasteiger partial charge in [-0.3, -0.25) is 23.5 Å². The number of rotatable bonds is 6. The van der Waals surface area contributed by atoms with Crippen molar-refractivity contribution >= 4 is 15.2 Å². The van der Waals surface area contributed by atoms with E-state index in [1.807, 2.05) is 0 Å². The molecule has 25 heavy (non-hydrogen) atoms. The molecule has 1 aromatic rings. The fraction of sp³-hybridized carbons (Fsp3) is 0.636. The van der Waals surface area contributed by atoms with Gasteiger partial charge in [-0.05, 0) is 6.92 Å². The highest BCUT2D eigenvalue weighted by Crippen LogP contribution is 2.55. The molecular formula is C11H18N2O10P2. The molecule has 1 aliphatic rings. The Balaban J connectivity index is 2.06. The predicted molar refractivity (Wildman–Crippen MR) is 83.3 cm³/mol. The van der Waals surface area contributed by atoms with Gasteiger partial charge in [0.15, 0.2) is 5.90 Å². The summed E-state index contributed by atoms with van der Waals surface area (Å²) in [7, 11) is -9.34. The molecule has 4 atom stereocenters. The highest BCUT2D eigenvalue weighted by molar-refractivity contribution is 7.70. The van der Waals surface area contributed by atoms with Crippen LogP contribution in [0, 0.1) is 6.92 Å². The minimum absolute atomic E-state index is 0.0480. The average molecular weight is 400 g/mol. The highest BCUT2D eigenvalue weighted by atomic mass is 31.2. The van der Waals surface area contributed by atoms with Crippen LogP contribution < -0.4 is 11.2 Å². The molecule has 1 aliphatic heterocycles. The first-order chi connectivity index (χ1) is 11.4. The third kappa shape index (κ3) is 5.44. The number of aryl methyl sites for hydroxylation is 1. The van der Waals surface area contributed by atoms with Gasteiger partial charge >= 0.3 is 20.9 Å². The average Bonchev–Trinajstić information content (AvgIpc) is 2.79. The van der Waals surface area contributed by atoms with Crippen LogP contribution in [0.4, 0.5) is 0 Å². The van der Waals surface area contributed by atoms with Crippen molar-refractivity contribution in [3.8, 4) is 0 Å². The van der Waals surface area contributed by atoms with E-state index in [0.29, 0.717) is 0 Å². The van der Waals surface area contributed by atoms with E-state index in [1.54, 1.807) is 0 Å². The van der Waals surface area contributed by atoms with Crippen molar-refractivity contribution in [3.63, 3.8) is 0 Å². The van der Waals surface area contributed by atoms with Crippen molar-refractivity contribution < 1.29 is 38.2 Å². The number of nitrogens with one attached hydrogen (secondary N) is 1. The summed E-state index contributed by atoms with van der Waals surface area (Å²) in [5, 5.41) is 9.95. The van der Waals surface area contributed by atoms with Gasteiger partial charge < -0.3 is 29.0 Å². The highest BCUT2D eigenvalue weighted by Gasteiger charge is 2.38. The molecule has 2 heterocycles. The first kappa shape index (κ1) is 20.2. The summed E-state index contributed by atoms with van der Waals surface area (Å²) in [6, 6.07) is 0. The van der Waals surface area contributed by atoms with Crippen LogP contribution in [-0.2, 0) is 18.4 Å². The van der Waals surface area contributed by atoms with Crippen molar-refractivity contribution in [2.75, 3.05) is 12.5 Å². The van der Waals surface area contributed by atoms with Crippen LogP contribution in [0.5, 0.6) is 0 Å². The Kier molecular flexibility index (Phi) is 5.87. The minimum Gasteiger partial charge on any atom is -0.390 e. The molecule has 0 amide bonds. The van der Waals surface area contributed by atoms with Crippen molar-refractivity contribution in [1.29, 1.82) is 0 Å². The molecule has 2 rings (SSSR count). The van der Waals surface area contributed by atoms with E-state index < -0.39 is 57.4 Å². The zero-order valence-electron chi connectivity index (χ0n) is 13.0. The van der Waals surface area contributed by atoms with Gasteiger partial charge in [0.05, 0.1) is 12.7 Å². The van der Waals surface area contributed by atoms with E-state index in [-0.39, 0.29) is 12.0 Å². The summed E-state index contributed by atoms with van der Waals surface area (Å²) >= 11 is 0. The molecule has 142 valence electrons. The lowest BCUT2D eigenvalue weighted by molar-refractivity contribution is -0.0423. The molecular weight excluding hydrogens is 382 g/mol. The van der Waals surface area contributed by atoms with E-state index >= 15 is 0 Å². The molecule has 0 aromatic carbocycles. The zero-order valence-corrected chi connectivity index (χ0v) is 14.8. The number of hydrogen-bond acceptors (Lipinski definition) is 7. The van der Waals surface area contributed by atoms with Crippen LogP contribution in [0.15, 0.2) is 15.8 Å². The largest absolute Gasteiger partial charge is 0.390 e. The maximum absolute atomic E-state index is 11.8. The smallest absolute Gasteiger partial charge is 0.340 e. The van der Waals surface area contributed by atoms with Gasteiger partial charge in [0.1, 0.15) is 12.3 Å². The van der Waals surface area contributed by atoms with Gasteiger partial charge in [-0.1, -0.05) is 0 Å². The second kappa shape index (κ2) is 7.26. The summed E-state index contributed by atoms with van der Waals surface area (Å²) < 4.78 is 33.4. The maximum atomic E-state index is 11.8. The second-order valence-corrected chi connectivity index (χ2v) is 9.64. The van der Waals surface area contributed by atoms with E-state index in [1.165, 1.54) is 13.1 Å². The molecule has 0 aliphatic carbocycles. The second-order valence-electron chi connectivity index (χ2n) is 5.65. The lowest BCUT2D eigenvalue weighted by Gasteiger charge is -2.18. The van der Waals surface area contributed by atoms with Crippen molar-refractivity contribution in [3.05, 3.63) is 32.6 Å². The third-order valence-corrected chi connectivity index (χ3v) is 6.92. The van der Waals surface area contributed by atoms with Crippen LogP contribution in [-0.4, -0.2) is 54.1 Å². The summed E-state index contributed by atoms with van der Waals surface area (Å²) in [5.41, 5.74) is -1.05. The van der Waals surface area contributed by atoms with E-state index in [0.717, 1.165) is 4.57 Å². The van der Waals surface area contributed by atoms with E-state index in [4.69, 9.17) is 14.5 Å². The number of hydrogen-bond donors (Lipinski definition) is 5. The topological polar surface area (TPSA) is 188 Å². The van der Waals surface area contributed by atoms with Gasteiger partial charge in [-0.15, -0.1) is 0 Å². The summed E-state index contributed by atoms with van der Waals surface area (Å²) in [5.74, 6) is -1.36. The van der Waals surface area contributed by atoms with Crippen LogP contribution in [0.25, 0.3) is 0 Å². The molecule has 0 bridgehead atoms. The Labute approximate surface area is 140 Å². The first-order valence-corrected chi connectivity index (χ1v) is 10.6. The van der Waals surface area contributed by atoms with Gasteiger partial charge in [0, 0.05) is 18.2 Å². The summed E-state index contributed by atoms with van der Waals surface area (Å²) in [4.78, 5) is 52.1. The molecule has 14 heteroatoms. The fourth-order valence-corrected chi connectivity index (χ4v) is 4.87. The number of aromatic amines is 1. The quantitative estimate of drug-likeness (QED) is 0.364. The van der Waals surface area contributed by atoms with Crippen molar-refractivity contribution in [1.82, 2.24) is 9.55 Å². The van der Waals surface area contributed by atoms with Gasteiger partial charge in [0.25, 0.3) is 5.56 Å². The SMILES string of the molecule is Cc1cn([C@H]2CC(O)[C@@H](COP(=O)(O)CP(=O)(O)O)O2)c(=O)[nH]c1=O. The molecule has 5 N–H and O–H groups in total. The number of ether oxygens (including phenoxy) is 1. The Morgan fingerprint density at radius 2 is 2.00 bits per heavy atom. The molecule has 2 unspecified atom stereocenters. The van der Waals surface area contributed by atoms with E-state index in [9.17, 15) is 28.7 Å². The third-order valence-electron chi connectivity index (χ3n) is 3.46. The summed E-state index contributed by atoms with van der Waals surface area (Å²) in [6.07, 6.45) is -1.98. The van der Waals surface area contributed by atoms with Crippen molar-refractivity contribution in [2.24, 2.45) is 0 Å². The molecule has 1 fully saturated rings. The molecule has 1 aromatic heterocycles. The van der Waals surface area contributed by atoms with Crippen LogP contribution in [0.2, 0.25) is 0 Å². The standard InChI is InChI=1S/C11H18N2O10P2/c1-6-3-13(11(16)12-10(6)15)9-2-7(14)8(23-9)4-22-25(20,21)5-24(17,18)19/h3,7-9,14H,2,4-5H2,1H3,(H,20,21)(H,12,15,16)(H2,17,18,19)/t7?,8-,9-/m1/s1. The molecule has 0 saturated carbocycles. The van der Waals surface area contributed by atoms with Crippen molar-refractivity contribution in [2.45, 2.75) is 31.8 Å². The van der Waals surface area contributed by atoms with Gasteiger partial charge in [-0.25, -0.2) is 4.79 Å². The van der Waals surface area contributed by atoms with Crippen LogP contribution in [0.3, 0.4) is 0 Å². The monoisotopic (exact) mass is 400 g/mol. The summed E-state index contributed by atoms with van der Waals surface area (Å²) in [6.45, 7) is 0.868. The predicted octanol–water partition coefficient (Wildman–Crippen LogP) is -1.17. The Bertz CT molecular complexity index is 842. The molecule has 0 spiro atoms. The maximum Gasteiger partial charge on any atom is 0.340 e. The zero-order chi connectivity index (χ0) is 19.0. The lowest BCUT2D eigenvalue weighted by atomic mass is 10.2. The lowest BCUT2D eigenvalue weighted by Crippen LogP contribution is -2.33. The molecule has 12 nitrogen and oxygen atoms in total. The number of nitrogens with zero attached hydrogens (tertiary/aromatic N) is 1. The normalized spacial score (nSPS) is 26.5. The van der Waals surface area contributed by atoms with Crippen LogP contribution >= 0.6 is 15.2 Å². The molecule has 0 radical (unpaired) electrons. The first-order valence-electron chi connectivity index (χ1n) is 7.04. The molecule has 1 saturated heterocycles. The van der Waals surface area contributed by atoms with Gasteiger partial charge in [0.2, 0.25) is 0 Å². The van der Waals surface area contributed by atoms with E-state index in [2.05, 4.69) is 9.51 Å². The number of H-pyrrole nitrogens is 1. The number of aliphatic hydroxyl groups excluding tert-OH is 1.